The molecule has 0 saturated heterocycles. The molecule has 2 aromatic carbocycles. The highest BCUT2D eigenvalue weighted by molar-refractivity contribution is 6.08. The highest BCUT2D eigenvalue weighted by Crippen LogP contribution is 2.15. The van der Waals surface area contributed by atoms with E-state index < -0.39 is 29.9 Å². The van der Waals surface area contributed by atoms with Gasteiger partial charge in [0.2, 0.25) is 5.91 Å². The van der Waals surface area contributed by atoms with Gasteiger partial charge < -0.3 is 10.8 Å². The van der Waals surface area contributed by atoms with E-state index in [1.807, 2.05) is 0 Å². The van der Waals surface area contributed by atoms with Gasteiger partial charge in [-0.25, -0.2) is 4.79 Å². The molecule has 2 rings (SSSR count). The molecule has 2 aromatic rings. The average molecular weight is 340 g/mol. The number of imide groups is 1. The molecular formula is C19H20N2O4. The van der Waals surface area contributed by atoms with Crippen molar-refractivity contribution in [3.63, 3.8) is 0 Å². The Morgan fingerprint density at radius 3 is 2.00 bits per heavy atom. The maximum atomic E-state index is 12.8. The van der Waals surface area contributed by atoms with Crippen LogP contribution in [0.1, 0.15) is 22.8 Å². The fourth-order valence-corrected chi connectivity index (χ4v) is 2.46. The Morgan fingerprint density at radius 2 is 1.52 bits per heavy atom. The van der Waals surface area contributed by atoms with E-state index >= 15 is 0 Å². The summed E-state index contributed by atoms with van der Waals surface area (Å²) in [6, 6.07) is 14.6. The lowest BCUT2D eigenvalue weighted by atomic mass is 10.0. The van der Waals surface area contributed by atoms with Gasteiger partial charge in [-0.1, -0.05) is 48.5 Å². The molecule has 0 fully saturated rings. The number of carbonyl (C=O) groups excluding carboxylic acids is 2. The fraction of sp³-hybridized carbons (Fsp3) is 0.211. The van der Waals surface area contributed by atoms with Crippen LogP contribution >= 0.6 is 0 Å². The van der Waals surface area contributed by atoms with Crippen LogP contribution in [0.15, 0.2) is 60.7 Å². The fourth-order valence-electron chi connectivity index (χ4n) is 2.46. The van der Waals surface area contributed by atoms with Crippen molar-refractivity contribution in [3.05, 3.63) is 71.8 Å². The van der Waals surface area contributed by atoms with Gasteiger partial charge in [0.1, 0.15) is 6.04 Å². The first-order valence-electron chi connectivity index (χ1n) is 7.86. The first kappa shape index (κ1) is 18.4. The molecule has 3 N–H and O–H groups in total. The summed E-state index contributed by atoms with van der Waals surface area (Å²) in [4.78, 5) is 37.9. The van der Waals surface area contributed by atoms with Crippen LogP contribution in [0.2, 0.25) is 0 Å². The average Bonchev–Trinajstić information content (AvgIpc) is 2.62. The molecule has 2 amide bonds. The Labute approximate surface area is 145 Å². The minimum Gasteiger partial charge on any atom is -0.480 e. The number of carboxylic acid groups (broad SMARTS) is 1. The van der Waals surface area contributed by atoms with Crippen LogP contribution in [0.5, 0.6) is 0 Å². The van der Waals surface area contributed by atoms with Gasteiger partial charge in [-0.05, 0) is 24.6 Å². The standard InChI is InChI=1S/C19H20N2O4/c1-13(20)17(22)21(18(23)15-10-6-3-7-11-15)16(19(24)25)12-14-8-4-2-5-9-14/h2-11,13,16H,12,20H2,1H3,(H,24,25)/t13-,16-/m0/s1. The lowest BCUT2D eigenvalue weighted by Crippen LogP contribution is -2.54. The summed E-state index contributed by atoms with van der Waals surface area (Å²) in [5, 5.41) is 9.64. The zero-order valence-electron chi connectivity index (χ0n) is 13.8. The number of benzene rings is 2. The second-order valence-electron chi connectivity index (χ2n) is 5.71. The summed E-state index contributed by atoms with van der Waals surface area (Å²) in [5.74, 6) is -2.66. The first-order valence-corrected chi connectivity index (χ1v) is 7.86. The van der Waals surface area contributed by atoms with Crippen molar-refractivity contribution in [2.24, 2.45) is 5.73 Å². The number of nitrogens with two attached hydrogens (primary N) is 1. The van der Waals surface area contributed by atoms with E-state index in [-0.39, 0.29) is 12.0 Å². The Morgan fingerprint density at radius 1 is 1.00 bits per heavy atom. The van der Waals surface area contributed by atoms with Gasteiger partial charge in [0, 0.05) is 12.0 Å². The molecule has 0 aliphatic heterocycles. The SMILES string of the molecule is C[C@H](N)C(=O)N(C(=O)c1ccccc1)[C@@H](Cc1ccccc1)C(=O)O. The second-order valence-corrected chi connectivity index (χ2v) is 5.71. The lowest BCUT2D eigenvalue weighted by molar-refractivity contribution is -0.148. The lowest BCUT2D eigenvalue weighted by Gasteiger charge is -2.29. The molecule has 6 heteroatoms. The molecular weight excluding hydrogens is 320 g/mol. The van der Waals surface area contributed by atoms with E-state index in [1.165, 1.54) is 19.1 Å². The quantitative estimate of drug-likeness (QED) is 0.833. The monoisotopic (exact) mass is 340 g/mol. The summed E-state index contributed by atoms with van der Waals surface area (Å²) in [5.41, 5.74) is 6.59. The van der Waals surface area contributed by atoms with Gasteiger partial charge in [0.15, 0.2) is 0 Å². The molecule has 25 heavy (non-hydrogen) atoms. The van der Waals surface area contributed by atoms with Crippen molar-refractivity contribution >= 4 is 17.8 Å². The molecule has 2 atom stereocenters. The van der Waals surface area contributed by atoms with Crippen molar-refractivity contribution in [1.82, 2.24) is 4.90 Å². The van der Waals surface area contributed by atoms with E-state index in [0.29, 0.717) is 5.56 Å². The molecule has 0 spiro atoms. The van der Waals surface area contributed by atoms with Crippen LogP contribution in [0.4, 0.5) is 0 Å². The van der Waals surface area contributed by atoms with Crippen LogP contribution < -0.4 is 5.73 Å². The van der Waals surface area contributed by atoms with Gasteiger partial charge in [-0.2, -0.15) is 0 Å². The van der Waals surface area contributed by atoms with E-state index in [9.17, 15) is 19.5 Å². The number of carbonyl (C=O) groups is 3. The number of nitrogens with zero attached hydrogens (tertiary/aromatic N) is 1. The number of carboxylic acids is 1. The van der Waals surface area contributed by atoms with Crippen molar-refractivity contribution in [2.45, 2.75) is 25.4 Å². The largest absolute Gasteiger partial charge is 0.480 e. The number of hydrogen-bond donors (Lipinski definition) is 2. The summed E-state index contributed by atoms with van der Waals surface area (Å²) in [6.45, 7) is 1.43. The summed E-state index contributed by atoms with van der Waals surface area (Å²) < 4.78 is 0. The molecule has 0 aromatic heterocycles. The van der Waals surface area contributed by atoms with Gasteiger partial charge >= 0.3 is 5.97 Å². The minimum absolute atomic E-state index is 0.00715. The summed E-state index contributed by atoms with van der Waals surface area (Å²) >= 11 is 0. The third kappa shape index (κ3) is 4.51. The first-order chi connectivity index (χ1) is 11.9. The van der Waals surface area contributed by atoms with Crippen LogP contribution in [-0.4, -0.2) is 39.9 Å². The summed E-state index contributed by atoms with van der Waals surface area (Å²) in [6.07, 6.45) is 0.00715. The van der Waals surface area contributed by atoms with Crippen LogP contribution in [0.25, 0.3) is 0 Å². The topological polar surface area (TPSA) is 101 Å². The number of hydrogen-bond acceptors (Lipinski definition) is 4. The zero-order chi connectivity index (χ0) is 18.4. The molecule has 0 aliphatic rings. The van der Waals surface area contributed by atoms with Crippen molar-refractivity contribution in [3.8, 4) is 0 Å². The molecule has 0 heterocycles. The number of rotatable bonds is 6. The van der Waals surface area contributed by atoms with E-state index in [2.05, 4.69) is 0 Å². The van der Waals surface area contributed by atoms with Crippen molar-refractivity contribution in [2.75, 3.05) is 0 Å². The molecule has 0 unspecified atom stereocenters. The molecule has 0 radical (unpaired) electrons. The summed E-state index contributed by atoms with van der Waals surface area (Å²) in [7, 11) is 0. The normalized spacial score (nSPS) is 12.9. The third-order valence-electron chi connectivity index (χ3n) is 3.74. The highest BCUT2D eigenvalue weighted by Gasteiger charge is 2.36. The molecule has 0 bridgehead atoms. The molecule has 6 nitrogen and oxygen atoms in total. The van der Waals surface area contributed by atoms with Crippen molar-refractivity contribution in [1.29, 1.82) is 0 Å². The Kier molecular flexibility index (Phi) is 6.03. The predicted octanol–water partition coefficient (Wildman–Crippen LogP) is 1.70. The minimum atomic E-state index is -1.34. The van der Waals surface area contributed by atoms with Gasteiger partial charge in [0.25, 0.3) is 5.91 Å². The number of amides is 2. The van der Waals surface area contributed by atoms with E-state index in [1.54, 1.807) is 48.5 Å². The highest BCUT2D eigenvalue weighted by atomic mass is 16.4. The van der Waals surface area contributed by atoms with Crippen LogP contribution in [-0.2, 0) is 16.0 Å². The van der Waals surface area contributed by atoms with Crippen LogP contribution in [0.3, 0.4) is 0 Å². The number of aliphatic carboxylic acids is 1. The molecule has 0 aliphatic carbocycles. The maximum absolute atomic E-state index is 12.8. The van der Waals surface area contributed by atoms with E-state index in [0.717, 1.165) is 4.90 Å². The van der Waals surface area contributed by atoms with E-state index in [4.69, 9.17) is 5.73 Å². The maximum Gasteiger partial charge on any atom is 0.327 e. The Hall–Kier alpha value is -2.99. The Bertz CT molecular complexity index is 745. The molecule has 130 valence electrons. The van der Waals surface area contributed by atoms with Crippen molar-refractivity contribution < 1.29 is 19.5 Å². The zero-order valence-corrected chi connectivity index (χ0v) is 13.8. The predicted molar refractivity (Wildman–Crippen MR) is 92.8 cm³/mol. The third-order valence-corrected chi connectivity index (χ3v) is 3.74. The van der Waals surface area contributed by atoms with Gasteiger partial charge in [-0.3, -0.25) is 14.5 Å². The van der Waals surface area contributed by atoms with Gasteiger partial charge in [0.05, 0.1) is 6.04 Å². The van der Waals surface area contributed by atoms with Crippen LogP contribution in [0, 0.1) is 0 Å². The second kappa shape index (κ2) is 8.21. The Balaban J connectivity index is 2.42. The smallest absolute Gasteiger partial charge is 0.327 e. The molecule has 0 saturated carbocycles. The van der Waals surface area contributed by atoms with Gasteiger partial charge in [-0.15, -0.1) is 0 Å².